The number of esters is 2. The van der Waals surface area contributed by atoms with Gasteiger partial charge in [-0.05, 0) is 69.4 Å². The average molecular weight is 557 g/mol. The summed E-state index contributed by atoms with van der Waals surface area (Å²) >= 11 is 6.49. The van der Waals surface area contributed by atoms with Gasteiger partial charge in [0, 0.05) is 19.5 Å². The lowest BCUT2D eigenvalue weighted by Crippen LogP contribution is -2.55. The summed E-state index contributed by atoms with van der Waals surface area (Å²) in [7, 11) is 1.18. The summed E-state index contributed by atoms with van der Waals surface area (Å²) in [4.78, 5) is 42.8. The predicted octanol–water partition coefficient (Wildman–Crippen LogP) is 4.92. The molecule has 2 heterocycles. The first-order valence-electron chi connectivity index (χ1n) is 13.4. The fourth-order valence-corrected chi connectivity index (χ4v) is 5.43. The topological polar surface area (TPSA) is 85.4 Å². The SMILES string of the molecule is COC(=O)C(OC(=O)C(C)(C)C)Oc1ccc(CC(=O)N2C(C)c3ccccc3CC2N2CCCC2)cc1Cl. The van der Waals surface area contributed by atoms with Gasteiger partial charge in [0.25, 0.3) is 0 Å². The molecule has 0 radical (unpaired) electrons. The molecule has 2 aromatic rings. The molecular formula is C30H37ClN2O6. The van der Waals surface area contributed by atoms with Crippen molar-refractivity contribution in [2.24, 2.45) is 5.41 Å². The van der Waals surface area contributed by atoms with Crippen LogP contribution in [0.5, 0.6) is 5.75 Å². The van der Waals surface area contributed by atoms with Crippen molar-refractivity contribution in [2.75, 3.05) is 20.2 Å². The summed E-state index contributed by atoms with van der Waals surface area (Å²) < 4.78 is 15.6. The maximum atomic E-state index is 13.8. The minimum atomic E-state index is -1.61. The number of hydrogen-bond acceptors (Lipinski definition) is 7. The molecule has 1 saturated heterocycles. The molecule has 0 aromatic heterocycles. The maximum absolute atomic E-state index is 13.8. The Morgan fingerprint density at radius 3 is 2.41 bits per heavy atom. The van der Waals surface area contributed by atoms with E-state index in [2.05, 4.69) is 30.0 Å². The van der Waals surface area contributed by atoms with Gasteiger partial charge in [0.2, 0.25) is 5.91 Å². The number of likely N-dealkylation sites (tertiary alicyclic amines) is 1. The first kappa shape index (κ1) is 28.9. The van der Waals surface area contributed by atoms with Crippen LogP contribution < -0.4 is 4.74 Å². The Hall–Kier alpha value is -3.10. The van der Waals surface area contributed by atoms with E-state index in [0.29, 0.717) is 5.56 Å². The molecule has 8 nitrogen and oxygen atoms in total. The van der Waals surface area contributed by atoms with E-state index < -0.39 is 23.6 Å². The van der Waals surface area contributed by atoms with Gasteiger partial charge >= 0.3 is 18.2 Å². The highest BCUT2D eigenvalue weighted by molar-refractivity contribution is 6.32. The maximum Gasteiger partial charge on any atom is 0.389 e. The van der Waals surface area contributed by atoms with E-state index in [9.17, 15) is 14.4 Å². The third-order valence-electron chi connectivity index (χ3n) is 7.30. The van der Waals surface area contributed by atoms with Crippen molar-refractivity contribution >= 4 is 29.4 Å². The summed E-state index contributed by atoms with van der Waals surface area (Å²) in [5.74, 6) is -1.33. The smallest absolute Gasteiger partial charge is 0.389 e. The van der Waals surface area contributed by atoms with E-state index in [0.717, 1.165) is 32.4 Å². The van der Waals surface area contributed by atoms with Crippen LogP contribution in [0.25, 0.3) is 0 Å². The second-order valence-electron chi connectivity index (χ2n) is 11.2. The Morgan fingerprint density at radius 1 is 1.08 bits per heavy atom. The predicted molar refractivity (Wildman–Crippen MR) is 147 cm³/mol. The molecule has 0 saturated carbocycles. The highest BCUT2D eigenvalue weighted by Gasteiger charge is 2.39. The monoisotopic (exact) mass is 556 g/mol. The number of halogens is 1. The molecular weight excluding hydrogens is 520 g/mol. The third-order valence-corrected chi connectivity index (χ3v) is 7.60. The molecule has 4 rings (SSSR count). The van der Waals surface area contributed by atoms with Gasteiger partial charge < -0.3 is 19.1 Å². The van der Waals surface area contributed by atoms with E-state index in [1.54, 1.807) is 39.0 Å². The molecule has 39 heavy (non-hydrogen) atoms. The van der Waals surface area contributed by atoms with Crippen LogP contribution in [0.3, 0.4) is 0 Å². The molecule has 3 unspecified atom stereocenters. The van der Waals surface area contributed by atoms with Gasteiger partial charge in [-0.2, -0.15) is 0 Å². The van der Waals surface area contributed by atoms with Crippen molar-refractivity contribution in [3.63, 3.8) is 0 Å². The van der Waals surface area contributed by atoms with Gasteiger partial charge in [0.05, 0.1) is 36.2 Å². The molecule has 210 valence electrons. The van der Waals surface area contributed by atoms with E-state index in [4.69, 9.17) is 25.8 Å². The standard InChI is InChI=1S/C30H37ClN2O6/c1-19-22-11-7-6-10-21(22)18-25(32-14-8-9-15-32)33(19)26(34)17-20-12-13-24(23(31)16-20)38-28(27(35)37-5)39-29(36)30(2,3)4/h6-7,10-13,16,19,25,28H,8-9,14-15,17-18H2,1-5H3. The van der Waals surface area contributed by atoms with Crippen molar-refractivity contribution in [2.45, 2.75) is 71.9 Å². The molecule has 1 amide bonds. The van der Waals surface area contributed by atoms with Crippen LogP contribution in [0.1, 0.15) is 63.3 Å². The van der Waals surface area contributed by atoms with E-state index in [-0.39, 0.29) is 35.3 Å². The van der Waals surface area contributed by atoms with Crippen LogP contribution in [0.4, 0.5) is 0 Å². The van der Waals surface area contributed by atoms with Crippen LogP contribution in [-0.2, 0) is 36.7 Å². The Morgan fingerprint density at radius 2 is 1.77 bits per heavy atom. The van der Waals surface area contributed by atoms with E-state index in [1.807, 2.05) is 11.0 Å². The van der Waals surface area contributed by atoms with Gasteiger partial charge in [-0.1, -0.05) is 41.9 Å². The number of carbonyl (C=O) groups is 3. The molecule has 0 N–H and O–H groups in total. The van der Waals surface area contributed by atoms with Gasteiger partial charge in [0.1, 0.15) is 5.75 Å². The highest BCUT2D eigenvalue weighted by Crippen LogP contribution is 2.36. The van der Waals surface area contributed by atoms with Crippen molar-refractivity contribution in [1.82, 2.24) is 9.80 Å². The summed E-state index contributed by atoms with van der Waals surface area (Å²) in [5, 5.41) is 0.189. The van der Waals surface area contributed by atoms with Crippen LogP contribution in [-0.4, -0.2) is 60.3 Å². The fourth-order valence-electron chi connectivity index (χ4n) is 5.18. The number of nitrogens with zero attached hydrogens (tertiary/aromatic N) is 2. The molecule has 1 fully saturated rings. The van der Waals surface area contributed by atoms with Crippen molar-refractivity contribution in [1.29, 1.82) is 0 Å². The Bertz CT molecular complexity index is 1220. The fraction of sp³-hybridized carbons (Fsp3) is 0.500. The van der Waals surface area contributed by atoms with Crippen molar-refractivity contribution in [3.8, 4) is 5.75 Å². The van der Waals surface area contributed by atoms with Crippen molar-refractivity contribution in [3.05, 3.63) is 64.2 Å². The minimum absolute atomic E-state index is 0.0151. The Labute approximate surface area is 235 Å². The second-order valence-corrected chi connectivity index (χ2v) is 11.6. The van der Waals surface area contributed by atoms with Gasteiger partial charge in [-0.15, -0.1) is 0 Å². The molecule has 0 spiro atoms. The lowest BCUT2D eigenvalue weighted by molar-refractivity contribution is -0.190. The zero-order chi connectivity index (χ0) is 28.3. The third kappa shape index (κ3) is 6.56. The molecule has 9 heteroatoms. The normalized spacial score (nSPS) is 20.2. The molecule has 3 atom stereocenters. The molecule has 0 bridgehead atoms. The summed E-state index contributed by atoms with van der Waals surface area (Å²) in [6.07, 6.45) is 1.66. The number of rotatable bonds is 7. The molecule has 2 aromatic carbocycles. The average Bonchev–Trinajstić information content (AvgIpc) is 3.43. The van der Waals surface area contributed by atoms with E-state index in [1.165, 1.54) is 18.2 Å². The number of ether oxygens (including phenoxy) is 3. The summed E-state index contributed by atoms with van der Waals surface area (Å²) in [6, 6.07) is 13.2. The number of amides is 1. The minimum Gasteiger partial charge on any atom is -0.463 e. The zero-order valence-corrected chi connectivity index (χ0v) is 24.0. The zero-order valence-electron chi connectivity index (χ0n) is 23.2. The van der Waals surface area contributed by atoms with E-state index >= 15 is 0 Å². The quantitative estimate of drug-likeness (QED) is 0.353. The van der Waals surface area contributed by atoms with Crippen LogP contribution in [0.2, 0.25) is 5.02 Å². The second kappa shape index (κ2) is 12.0. The number of fused-ring (bicyclic) bond motifs is 1. The first-order chi connectivity index (χ1) is 18.5. The largest absolute Gasteiger partial charge is 0.463 e. The lowest BCUT2D eigenvalue weighted by atomic mass is 9.90. The number of hydrogen-bond donors (Lipinski definition) is 0. The van der Waals surface area contributed by atoms with Crippen LogP contribution >= 0.6 is 11.6 Å². The lowest BCUT2D eigenvalue weighted by Gasteiger charge is -2.46. The van der Waals surface area contributed by atoms with Gasteiger partial charge in [-0.25, -0.2) is 4.79 Å². The first-order valence-corrected chi connectivity index (χ1v) is 13.7. The van der Waals surface area contributed by atoms with Gasteiger partial charge in [-0.3, -0.25) is 14.5 Å². The molecule has 2 aliphatic heterocycles. The Kier molecular flexibility index (Phi) is 8.86. The summed E-state index contributed by atoms with van der Waals surface area (Å²) in [6.45, 7) is 9.06. The van der Waals surface area contributed by atoms with Crippen LogP contribution in [0.15, 0.2) is 42.5 Å². The number of benzene rings is 2. The van der Waals surface area contributed by atoms with Crippen LogP contribution in [0, 0.1) is 5.41 Å². The Balaban J connectivity index is 1.51. The number of methoxy groups -OCH3 is 1. The summed E-state index contributed by atoms with van der Waals surface area (Å²) in [5.41, 5.74) is 2.34. The number of carbonyl (C=O) groups excluding carboxylic acids is 3. The highest BCUT2D eigenvalue weighted by atomic mass is 35.5. The van der Waals surface area contributed by atoms with Gasteiger partial charge in [0.15, 0.2) is 0 Å². The molecule has 0 aliphatic carbocycles. The molecule has 2 aliphatic rings. The van der Waals surface area contributed by atoms with Crippen molar-refractivity contribution < 1.29 is 28.6 Å².